The maximum Gasteiger partial charge on any atom is 0.316 e. The number of rotatable bonds is 3. The molecule has 0 heterocycles. The predicted octanol–water partition coefficient (Wildman–Crippen LogP) is 2.25. The monoisotopic (exact) mass is 236 g/mol. The van der Waals surface area contributed by atoms with Crippen LogP contribution in [0.3, 0.4) is 0 Å². The molecule has 1 aromatic rings. The average Bonchev–Trinajstić information content (AvgIpc) is 2.26. The summed E-state index contributed by atoms with van der Waals surface area (Å²) in [6.07, 6.45) is 0. The normalized spacial score (nSPS) is 14.5. The Bertz CT molecular complexity index is 437. The van der Waals surface area contributed by atoms with E-state index in [1.165, 1.54) is 0 Å². The lowest BCUT2D eigenvalue weighted by molar-refractivity contribution is -0.144. The summed E-state index contributed by atoms with van der Waals surface area (Å²) >= 11 is 0. The Morgan fingerprint density at radius 1 is 1.18 bits per heavy atom. The topological polar surface area (TPSA) is 57.5 Å². The number of carboxylic acid groups (broad SMARTS) is 1. The highest BCUT2D eigenvalue weighted by atomic mass is 16.4. The van der Waals surface area contributed by atoms with Gasteiger partial charge in [0.1, 0.15) is 5.41 Å². The van der Waals surface area contributed by atoms with Gasteiger partial charge in [-0.3, -0.25) is 4.79 Å². The number of aliphatic carboxylic acids is 1. The first-order valence-corrected chi connectivity index (χ1v) is 5.67. The van der Waals surface area contributed by atoms with Gasteiger partial charge in [-0.1, -0.05) is 6.07 Å². The van der Waals surface area contributed by atoms with Crippen LogP contribution in [0.1, 0.15) is 34.7 Å². The van der Waals surface area contributed by atoms with E-state index in [0.717, 1.165) is 27.8 Å². The first-order valence-electron chi connectivity index (χ1n) is 5.67. The van der Waals surface area contributed by atoms with E-state index in [2.05, 4.69) is 0 Å². The van der Waals surface area contributed by atoms with Crippen LogP contribution >= 0.6 is 0 Å². The van der Waals surface area contributed by atoms with Crippen LogP contribution in [0.25, 0.3) is 0 Å². The third-order valence-corrected chi connectivity index (χ3v) is 3.71. The fraction of sp³-hybridized carbons (Fsp3) is 0.500. The molecule has 17 heavy (non-hydrogen) atoms. The lowest BCUT2D eigenvalue weighted by Crippen LogP contribution is -2.38. The van der Waals surface area contributed by atoms with Crippen LogP contribution in [0, 0.1) is 27.7 Å². The molecule has 0 aliphatic rings. The molecule has 0 saturated carbocycles. The molecule has 94 valence electrons. The van der Waals surface area contributed by atoms with Crippen LogP contribution in [-0.2, 0) is 10.2 Å². The summed E-state index contributed by atoms with van der Waals surface area (Å²) in [5.74, 6) is -0.990. The van der Waals surface area contributed by atoms with E-state index in [1.807, 2.05) is 33.8 Å². The van der Waals surface area contributed by atoms with Crippen molar-refractivity contribution in [1.82, 2.24) is 0 Å². The van der Waals surface area contributed by atoms with Gasteiger partial charge in [0.2, 0.25) is 0 Å². The smallest absolute Gasteiger partial charge is 0.316 e. The molecule has 0 saturated heterocycles. The molecule has 0 aliphatic heterocycles. The van der Waals surface area contributed by atoms with Crippen molar-refractivity contribution >= 4 is 5.97 Å². The zero-order valence-corrected chi connectivity index (χ0v) is 11.1. The lowest BCUT2D eigenvalue weighted by atomic mass is 9.76. The Balaban J connectivity index is 3.65. The molecule has 0 fully saturated rings. The predicted molar refractivity (Wildman–Crippen MR) is 67.5 cm³/mol. The summed E-state index contributed by atoms with van der Waals surface area (Å²) in [4.78, 5) is 11.4. The van der Waals surface area contributed by atoms with Gasteiger partial charge in [-0.25, -0.2) is 0 Å². The van der Waals surface area contributed by atoms with Crippen LogP contribution in [0.4, 0.5) is 0 Å². The second kappa shape index (κ2) is 4.49. The van der Waals surface area contributed by atoms with Gasteiger partial charge >= 0.3 is 5.97 Å². The van der Waals surface area contributed by atoms with Crippen LogP contribution in [0.2, 0.25) is 0 Å². The van der Waals surface area contributed by atoms with Crippen molar-refractivity contribution in [2.45, 2.75) is 40.0 Å². The molecule has 2 N–H and O–H groups in total. The van der Waals surface area contributed by atoms with Gasteiger partial charge in [-0.05, 0) is 62.4 Å². The van der Waals surface area contributed by atoms with E-state index >= 15 is 0 Å². The Labute approximate surface area is 102 Å². The molecule has 1 atom stereocenters. The van der Waals surface area contributed by atoms with Crippen molar-refractivity contribution < 1.29 is 15.0 Å². The Kier molecular flexibility index (Phi) is 3.62. The third-order valence-electron chi connectivity index (χ3n) is 3.71. The maximum atomic E-state index is 11.4. The highest BCUT2D eigenvalue weighted by Gasteiger charge is 2.37. The lowest BCUT2D eigenvalue weighted by Gasteiger charge is -2.28. The van der Waals surface area contributed by atoms with Crippen molar-refractivity contribution in [2.24, 2.45) is 0 Å². The van der Waals surface area contributed by atoms with Crippen LogP contribution in [0.5, 0.6) is 0 Å². The number of hydrogen-bond donors (Lipinski definition) is 2. The molecule has 0 spiro atoms. The van der Waals surface area contributed by atoms with Crippen molar-refractivity contribution in [3.05, 3.63) is 33.9 Å². The quantitative estimate of drug-likeness (QED) is 0.846. The molecule has 1 unspecified atom stereocenters. The van der Waals surface area contributed by atoms with Crippen molar-refractivity contribution in [3.8, 4) is 0 Å². The number of aryl methyl sites for hydroxylation is 2. The molecule has 3 nitrogen and oxygen atoms in total. The summed E-state index contributed by atoms with van der Waals surface area (Å²) in [6, 6.07) is 2.05. The third kappa shape index (κ3) is 2.07. The second-order valence-electron chi connectivity index (χ2n) is 4.93. The first kappa shape index (κ1) is 13.7. The van der Waals surface area contributed by atoms with Crippen LogP contribution in [-0.4, -0.2) is 22.8 Å². The molecular formula is C14H20O3. The van der Waals surface area contributed by atoms with Gasteiger partial charge in [0.25, 0.3) is 0 Å². The highest BCUT2D eigenvalue weighted by molar-refractivity contribution is 5.82. The second-order valence-corrected chi connectivity index (χ2v) is 4.93. The highest BCUT2D eigenvalue weighted by Crippen LogP contribution is 2.33. The first-order chi connectivity index (χ1) is 7.75. The summed E-state index contributed by atoms with van der Waals surface area (Å²) in [7, 11) is 0. The number of aliphatic hydroxyl groups is 1. The number of carboxylic acids is 1. The van der Waals surface area contributed by atoms with Gasteiger partial charge < -0.3 is 10.2 Å². The number of hydrogen-bond acceptors (Lipinski definition) is 2. The summed E-state index contributed by atoms with van der Waals surface area (Å²) in [5.41, 5.74) is 3.53. The Hall–Kier alpha value is -1.35. The van der Waals surface area contributed by atoms with Gasteiger partial charge in [0, 0.05) is 0 Å². The fourth-order valence-corrected chi connectivity index (χ4v) is 2.30. The molecule has 0 aliphatic carbocycles. The molecule has 1 rings (SSSR count). The summed E-state index contributed by atoms with van der Waals surface area (Å²) < 4.78 is 0. The van der Waals surface area contributed by atoms with Gasteiger partial charge in [-0.15, -0.1) is 0 Å². The van der Waals surface area contributed by atoms with Gasteiger partial charge in [0.05, 0.1) is 6.61 Å². The maximum absolute atomic E-state index is 11.4. The number of aliphatic hydroxyl groups excluding tert-OH is 1. The molecule has 0 bridgehead atoms. The number of carbonyl (C=O) groups is 1. The van der Waals surface area contributed by atoms with E-state index < -0.39 is 18.0 Å². The summed E-state index contributed by atoms with van der Waals surface area (Å²) in [6.45, 7) is 8.92. The van der Waals surface area contributed by atoms with E-state index in [9.17, 15) is 15.0 Å². The SMILES string of the molecule is Cc1cc(C)c(C)c(C(C)(CO)C(=O)O)c1C. The fourth-order valence-electron chi connectivity index (χ4n) is 2.30. The van der Waals surface area contributed by atoms with E-state index in [0.29, 0.717) is 0 Å². The molecule has 0 aromatic heterocycles. The molecular weight excluding hydrogens is 216 g/mol. The minimum Gasteiger partial charge on any atom is -0.481 e. The Morgan fingerprint density at radius 2 is 1.59 bits per heavy atom. The molecule has 0 amide bonds. The van der Waals surface area contributed by atoms with E-state index in [4.69, 9.17) is 0 Å². The van der Waals surface area contributed by atoms with Gasteiger partial charge in [-0.2, -0.15) is 0 Å². The van der Waals surface area contributed by atoms with E-state index in [-0.39, 0.29) is 0 Å². The van der Waals surface area contributed by atoms with Crippen molar-refractivity contribution in [2.75, 3.05) is 6.61 Å². The standard InChI is InChI=1S/C14H20O3/c1-8-6-9(2)11(4)12(10(8)3)14(5,7-15)13(16)17/h6,15H,7H2,1-5H3,(H,16,17). The Morgan fingerprint density at radius 3 is 1.88 bits per heavy atom. The molecule has 1 aromatic carbocycles. The molecule has 0 radical (unpaired) electrons. The van der Waals surface area contributed by atoms with Crippen molar-refractivity contribution in [1.29, 1.82) is 0 Å². The number of benzene rings is 1. The largest absolute Gasteiger partial charge is 0.481 e. The average molecular weight is 236 g/mol. The van der Waals surface area contributed by atoms with Crippen LogP contribution in [0.15, 0.2) is 6.07 Å². The zero-order valence-electron chi connectivity index (χ0n) is 11.1. The molecule has 3 heteroatoms. The minimum atomic E-state index is -1.23. The summed E-state index contributed by atoms with van der Waals surface area (Å²) in [5, 5.41) is 18.8. The van der Waals surface area contributed by atoms with Crippen LogP contribution < -0.4 is 0 Å². The zero-order chi connectivity index (χ0) is 13.4. The van der Waals surface area contributed by atoms with Gasteiger partial charge in [0.15, 0.2) is 0 Å². The minimum absolute atomic E-state index is 0.396. The van der Waals surface area contributed by atoms with Crippen molar-refractivity contribution in [3.63, 3.8) is 0 Å². The van der Waals surface area contributed by atoms with E-state index in [1.54, 1.807) is 6.92 Å².